The molecule has 2 amide bonds. The van der Waals surface area contributed by atoms with Crippen LogP contribution in [-0.4, -0.2) is 24.0 Å². The van der Waals surface area contributed by atoms with E-state index in [1.807, 2.05) is 66.4 Å². The molecular weight excluding hydrogens is 312 g/mol. The smallest absolute Gasteiger partial charge is 0.317 e. The highest BCUT2D eigenvalue weighted by atomic mass is 16.5. The van der Waals surface area contributed by atoms with Crippen LogP contribution in [0.2, 0.25) is 0 Å². The Kier molecular flexibility index (Phi) is 7.33. The molecule has 134 valence electrons. The quantitative estimate of drug-likeness (QED) is 0.771. The summed E-state index contributed by atoms with van der Waals surface area (Å²) >= 11 is 0. The highest BCUT2D eigenvalue weighted by Crippen LogP contribution is 2.17. The molecule has 0 fully saturated rings. The molecule has 0 saturated heterocycles. The Labute approximate surface area is 150 Å². The summed E-state index contributed by atoms with van der Waals surface area (Å²) < 4.78 is 5.88. The standard InChI is InChI=1S/C21H28N2O2/c1-4-22-21(24)23(14-17(2)3)15-19-11-8-12-20(13-19)25-16-18-9-6-5-7-10-18/h5-13,17H,4,14-16H2,1-3H3,(H,22,24). The zero-order valence-corrected chi connectivity index (χ0v) is 15.4. The van der Waals surface area contributed by atoms with Crippen molar-refractivity contribution < 1.29 is 9.53 Å². The first-order valence-corrected chi connectivity index (χ1v) is 8.87. The van der Waals surface area contributed by atoms with Crippen LogP contribution in [0.3, 0.4) is 0 Å². The first-order chi connectivity index (χ1) is 12.1. The van der Waals surface area contributed by atoms with Gasteiger partial charge in [-0.1, -0.05) is 56.3 Å². The lowest BCUT2D eigenvalue weighted by molar-refractivity contribution is 0.188. The van der Waals surface area contributed by atoms with E-state index in [4.69, 9.17) is 4.74 Å². The maximum absolute atomic E-state index is 12.3. The molecule has 0 aliphatic heterocycles. The Bertz CT molecular complexity index is 656. The number of nitrogens with zero attached hydrogens (tertiary/aromatic N) is 1. The van der Waals surface area contributed by atoms with Gasteiger partial charge in [0, 0.05) is 19.6 Å². The van der Waals surface area contributed by atoms with Gasteiger partial charge in [0.05, 0.1) is 0 Å². The molecule has 25 heavy (non-hydrogen) atoms. The molecule has 1 N–H and O–H groups in total. The number of carbonyl (C=O) groups excluding carboxylic acids is 1. The van der Waals surface area contributed by atoms with E-state index in [-0.39, 0.29) is 6.03 Å². The van der Waals surface area contributed by atoms with Crippen molar-refractivity contribution in [3.8, 4) is 5.75 Å². The summed E-state index contributed by atoms with van der Waals surface area (Å²) in [5.41, 5.74) is 2.20. The number of carbonyl (C=O) groups is 1. The van der Waals surface area contributed by atoms with Crippen LogP contribution in [0.5, 0.6) is 5.75 Å². The van der Waals surface area contributed by atoms with Crippen LogP contribution in [0, 0.1) is 5.92 Å². The van der Waals surface area contributed by atoms with Crippen molar-refractivity contribution in [3.05, 3.63) is 65.7 Å². The first kappa shape index (κ1) is 18.8. The summed E-state index contributed by atoms with van der Waals surface area (Å²) in [6.07, 6.45) is 0. The van der Waals surface area contributed by atoms with E-state index in [2.05, 4.69) is 19.2 Å². The van der Waals surface area contributed by atoms with Gasteiger partial charge >= 0.3 is 6.03 Å². The Morgan fingerprint density at radius 3 is 2.48 bits per heavy atom. The van der Waals surface area contributed by atoms with Gasteiger partial charge in [0.1, 0.15) is 12.4 Å². The van der Waals surface area contributed by atoms with Gasteiger partial charge < -0.3 is 15.0 Å². The van der Waals surface area contributed by atoms with Crippen molar-refractivity contribution in [1.29, 1.82) is 0 Å². The van der Waals surface area contributed by atoms with Crippen LogP contribution in [0.1, 0.15) is 31.9 Å². The number of hydrogen-bond acceptors (Lipinski definition) is 2. The number of urea groups is 1. The van der Waals surface area contributed by atoms with Gasteiger partial charge in [-0.3, -0.25) is 0 Å². The number of ether oxygens (including phenoxy) is 1. The second-order valence-electron chi connectivity index (χ2n) is 6.53. The molecular formula is C21H28N2O2. The molecule has 2 aromatic rings. The molecule has 0 atom stereocenters. The van der Waals surface area contributed by atoms with Crippen LogP contribution in [0.4, 0.5) is 4.79 Å². The number of amides is 2. The number of rotatable bonds is 8. The van der Waals surface area contributed by atoms with Gasteiger partial charge in [-0.2, -0.15) is 0 Å². The second kappa shape index (κ2) is 9.72. The minimum Gasteiger partial charge on any atom is -0.489 e. The summed E-state index contributed by atoms with van der Waals surface area (Å²) in [7, 11) is 0. The Morgan fingerprint density at radius 1 is 1.08 bits per heavy atom. The third-order valence-corrected chi connectivity index (χ3v) is 3.72. The maximum atomic E-state index is 12.3. The van der Waals surface area contributed by atoms with Gasteiger partial charge in [0.2, 0.25) is 0 Å². The number of benzene rings is 2. The third-order valence-electron chi connectivity index (χ3n) is 3.72. The molecule has 0 aliphatic carbocycles. The molecule has 0 heterocycles. The number of nitrogens with one attached hydrogen (secondary N) is 1. The first-order valence-electron chi connectivity index (χ1n) is 8.87. The van der Waals surface area contributed by atoms with Crippen LogP contribution < -0.4 is 10.1 Å². The Morgan fingerprint density at radius 2 is 1.80 bits per heavy atom. The molecule has 2 aromatic carbocycles. The minimum atomic E-state index is -0.0215. The van der Waals surface area contributed by atoms with E-state index in [1.165, 1.54) is 0 Å². The van der Waals surface area contributed by atoms with E-state index in [9.17, 15) is 4.79 Å². The third kappa shape index (κ3) is 6.49. The molecule has 2 rings (SSSR count). The highest BCUT2D eigenvalue weighted by Gasteiger charge is 2.14. The monoisotopic (exact) mass is 340 g/mol. The van der Waals surface area contributed by atoms with Gasteiger partial charge in [0.25, 0.3) is 0 Å². The van der Waals surface area contributed by atoms with Crippen molar-refractivity contribution in [2.24, 2.45) is 5.92 Å². The predicted octanol–water partition coefficient (Wildman–Crippen LogP) is 4.45. The van der Waals surface area contributed by atoms with Crippen LogP contribution in [0.25, 0.3) is 0 Å². The molecule has 0 aromatic heterocycles. The lowest BCUT2D eigenvalue weighted by atomic mass is 10.1. The van der Waals surface area contributed by atoms with E-state index < -0.39 is 0 Å². The predicted molar refractivity (Wildman–Crippen MR) is 102 cm³/mol. The van der Waals surface area contributed by atoms with E-state index in [0.717, 1.165) is 23.4 Å². The van der Waals surface area contributed by atoms with E-state index in [1.54, 1.807) is 0 Å². The van der Waals surface area contributed by atoms with Gasteiger partial charge in [-0.05, 0) is 36.1 Å². The zero-order chi connectivity index (χ0) is 18.1. The molecule has 0 spiro atoms. The van der Waals surface area contributed by atoms with E-state index >= 15 is 0 Å². The summed E-state index contributed by atoms with van der Waals surface area (Å²) in [5, 5.41) is 2.89. The van der Waals surface area contributed by atoms with Crippen molar-refractivity contribution >= 4 is 6.03 Å². The van der Waals surface area contributed by atoms with Crippen LogP contribution in [-0.2, 0) is 13.2 Å². The lowest BCUT2D eigenvalue weighted by Crippen LogP contribution is -2.41. The minimum absolute atomic E-state index is 0.0215. The SMILES string of the molecule is CCNC(=O)N(Cc1cccc(OCc2ccccc2)c1)CC(C)C. The van der Waals surface area contributed by atoms with Gasteiger partial charge in [-0.15, -0.1) is 0 Å². The molecule has 0 unspecified atom stereocenters. The zero-order valence-electron chi connectivity index (χ0n) is 15.4. The van der Waals surface area contributed by atoms with Crippen molar-refractivity contribution in [2.45, 2.75) is 33.9 Å². The number of hydrogen-bond donors (Lipinski definition) is 1. The van der Waals surface area contributed by atoms with E-state index in [0.29, 0.717) is 25.6 Å². The topological polar surface area (TPSA) is 41.6 Å². The molecule has 0 aliphatic rings. The molecule has 0 saturated carbocycles. The highest BCUT2D eigenvalue weighted by molar-refractivity contribution is 5.74. The summed E-state index contributed by atoms with van der Waals surface area (Å²) in [5.74, 6) is 1.24. The fourth-order valence-corrected chi connectivity index (χ4v) is 2.62. The Hall–Kier alpha value is -2.49. The lowest BCUT2D eigenvalue weighted by Gasteiger charge is -2.25. The summed E-state index contributed by atoms with van der Waals surface area (Å²) in [6.45, 7) is 8.64. The fraction of sp³-hybridized carbons (Fsp3) is 0.381. The van der Waals surface area contributed by atoms with Crippen molar-refractivity contribution in [2.75, 3.05) is 13.1 Å². The van der Waals surface area contributed by atoms with Crippen LogP contribution in [0.15, 0.2) is 54.6 Å². The average molecular weight is 340 g/mol. The second-order valence-corrected chi connectivity index (χ2v) is 6.53. The summed E-state index contributed by atoms with van der Waals surface area (Å²) in [4.78, 5) is 14.1. The molecule has 4 heteroatoms. The molecule has 0 radical (unpaired) electrons. The summed E-state index contributed by atoms with van der Waals surface area (Å²) in [6, 6.07) is 18.0. The largest absolute Gasteiger partial charge is 0.489 e. The van der Waals surface area contributed by atoms with Gasteiger partial charge in [0.15, 0.2) is 0 Å². The van der Waals surface area contributed by atoms with Crippen LogP contribution >= 0.6 is 0 Å². The van der Waals surface area contributed by atoms with Gasteiger partial charge in [-0.25, -0.2) is 4.79 Å². The molecule has 0 bridgehead atoms. The van der Waals surface area contributed by atoms with Crippen molar-refractivity contribution in [1.82, 2.24) is 10.2 Å². The van der Waals surface area contributed by atoms with Crippen molar-refractivity contribution in [3.63, 3.8) is 0 Å². The molecule has 4 nitrogen and oxygen atoms in total. The maximum Gasteiger partial charge on any atom is 0.317 e. The normalized spacial score (nSPS) is 10.6. The Balaban J connectivity index is 2.01. The average Bonchev–Trinajstić information content (AvgIpc) is 2.60. The fourth-order valence-electron chi connectivity index (χ4n) is 2.62.